The van der Waals surface area contributed by atoms with E-state index in [4.69, 9.17) is 9.31 Å². The molecule has 1 aliphatic heterocycles. The Balaban J connectivity index is 2.45. The predicted octanol–water partition coefficient (Wildman–Crippen LogP) is 3.56. The fraction of sp³-hybridized carbons (Fsp3) is 0.500. The summed E-state index contributed by atoms with van der Waals surface area (Å²) in [5.74, 6) is -0.634. The van der Waals surface area contributed by atoms with Crippen LogP contribution in [0.2, 0.25) is 0 Å². The van der Waals surface area contributed by atoms with E-state index in [0.29, 0.717) is 5.47 Å². The van der Waals surface area contributed by atoms with Crippen LogP contribution in [0.15, 0.2) is 23.7 Å². The van der Waals surface area contributed by atoms with Crippen molar-refractivity contribution in [3.05, 3.63) is 34.8 Å². The van der Waals surface area contributed by atoms with Crippen LogP contribution in [0, 0.1) is 0 Å². The average Bonchev–Trinajstić information content (AvgIpc) is 2.72. The third-order valence-corrected chi connectivity index (χ3v) is 4.79. The number of phenolic OH excluding ortho intramolecular Hbond substituents is 1. The SMILES string of the molecule is CC(=O)NCC(=Cc1cc(C(F)(F)F)ccc1O)B1OC(C)(C)C(C)(C)O1. The summed E-state index contributed by atoms with van der Waals surface area (Å²) in [4.78, 5) is 11.3. The van der Waals surface area contributed by atoms with Gasteiger partial charge in [0, 0.05) is 19.0 Å². The van der Waals surface area contributed by atoms with Crippen LogP contribution in [-0.4, -0.2) is 35.9 Å². The minimum absolute atomic E-state index is 0.00183. The molecule has 148 valence electrons. The van der Waals surface area contributed by atoms with Gasteiger partial charge in [-0.25, -0.2) is 0 Å². The lowest BCUT2D eigenvalue weighted by atomic mass is 9.76. The molecule has 0 atom stereocenters. The molecule has 0 unspecified atom stereocenters. The number of carbonyl (C=O) groups is 1. The van der Waals surface area contributed by atoms with Gasteiger partial charge in [0.15, 0.2) is 0 Å². The molecule has 0 radical (unpaired) electrons. The number of halogens is 3. The first-order valence-electron chi connectivity index (χ1n) is 8.44. The molecule has 1 aromatic rings. The molecule has 1 saturated heterocycles. The van der Waals surface area contributed by atoms with Crippen molar-refractivity contribution in [2.75, 3.05) is 6.54 Å². The van der Waals surface area contributed by atoms with Gasteiger partial charge in [-0.15, -0.1) is 0 Å². The minimum Gasteiger partial charge on any atom is -0.507 e. The number of phenols is 1. The quantitative estimate of drug-likeness (QED) is 0.778. The summed E-state index contributed by atoms with van der Waals surface area (Å²) in [6.45, 7) is 8.68. The lowest BCUT2D eigenvalue weighted by Gasteiger charge is -2.32. The van der Waals surface area contributed by atoms with Crippen molar-refractivity contribution in [2.24, 2.45) is 0 Å². The van der Waals surface area contributed by atoms with Crippen LogP contribution in [0.3, 0.4) is 0 Å². The number of hydrogen-bond donors (Lipinski definition) is 2. The molecule has 5 nitrogen and oxygen atoms in total. The normalized spacial score (nSPS) is 19.3. The largest absolute Gasteiger partial charge is 0.507 e. The summed E-state index contributed by atoms with van der Waals surface area (Å²) in [5.41, 5.74) is -1.87. The Labute approximate surface area is 156 Å². The standard InChI is InChI=1S/C18H23BF3NO4/c1-11(24)23-10-14(19-26-16(2,3)17(4,5)27-19)9-12-8-13(18(20,21)22)6-7-15(12)25/h6-9,25H,10H2,1-5H3,(H,23,24). The molecule has 0 spiro atoms. The summed E-state index contributed by atoms with van der Waals surface area (Å²) in [6.07, 6.45) is -3.19. The summed E-state index contributed by atoms with van der Waals surface area (Å²) in [6, 6.07) is 2.62. The molecule has 1 amide bonds. The zero-order valence-corrected chi connectivity index (χ0v) is 15.9. The number of amides is 1. The number of carbonyl (C=O) groups excluding carboxylic acids is 1. The fourth-order valence-corrected chi connectivity index (χ4v) is 2.47. The monoisotopic (exact) mass is 385 g/mol. The molecule has 1 heterocycles. The van der Waals surface area contributed by atoms with E-state index in [0.717, 1.165) is 18.2 Å². The Kier molecular flexibility index (Phi) is 5.68. The molecule has 0 saturated carbocycles. The Bertz CT molecular complexity index is 743. The van der Waals surface area contributed by atoms with Crippen molar-refractivity contribution in [3.8, 4) is 5.75 Å². The van der Waals surface area contributed by atoms with E-state index in [9.17, 15) is 23.1 Å². The zero-order chi connectivity index (χ0) is 20.6. The summed E-state index contributed by atoms with van der Waals surface area (Å²) >= 11 is 0. The molecular formula is C18H23BF3NO4. The Morgan fingerprint density at radius 3 is 2.26 bits per heavy atom. The number of hydrogen-bond acceptors (Lipinski definition) is 4. The molecule has 1 fully saturated rings. The minimum atomic E-state index is -4.54. The van der Waals surface area contributed by atoms with Crippen LogP contribution in [0.1, 0.15) is 45.7 Å². The smallest absolute Gasteiger partial charge is 0.492 e. The first kappa shape index (κ1) is 21.3. The van der Waals surface area contributed by atoms with E-state index in [1.165, 1.54) is 13.0 Å². The van der Waals surface area contributed by atoms with Gasteiger partial charge in [0.1, 0.15) is 5.75 Å². The second-order valence-corrected chi connectivity index (χ2v) is 7.49. The van der Waals surface area contributed by atoms with Gasteiger partial charge < -0.3 is 19.7 Å². The van der Waals surface area contributed by atoms with Crippen LogP contribution in [-0.2, 0) is 20.3 Å². The second kappa shape index (κ2) is 7.20. The van der Waals surface area contributed by atoms with Gasteiger partial charge >= 0.3 is 13.3 Å². The molecule has 0 aromatic heterocycles. The molecule has 27 heavy (non-hydrogen) atoms. The zero-order valence-electron chi connectivity index (χ0n) is 15.9. The highest BCUT2D eigenvalue weighted by Crippen LogP contribution is 2.39. The maximum Gasteiger partial charge on any atom is 0.492 e. The molecule has 1 aliphatic rings. The third kappa shape index (κ3) is 4.84. The van der Waals surface area contributed by atoms with E-state index in [-0.39, 0.29) is 23.8 Å². The highest BCUT2D eigenvalue weighted by Gasteiger charge is 2.52. The van der Waals surface area contributed by atoms with Gasteiger partial charge in [0.05, 0.1) is 16.8 Å². The Morgan fingerprint density at radius 1 is 1.22 bits per heavy atom. The highest BCUT2D eigenvalue weighted by molar-refractivity contribution is 6.56. The van der Waals surface area contributed by atoms with Crippen molar-refractivity contribution in [2.45, 2.75) is 52.0 Å². The van der Waals surface area contributed by atoms with Gasteiger partial charge in [-0.05, 0) is 51.4 Å². The number of benzene rings is 1. The van der Waals surface area contributed by atoms with Crippen molar-refractivity contribution in [3.63, 3.8) is 0 Å². The van der Waals surface area contributed by atoms with E-state index in [1.807, 2.05) is 27.7 Å². The molecule has 0 aliphatic carbocycles. The van der Waals surface area contributed by atoms with Gasteiger partial charge in [0.2, 0.25) is 5.91 Å². The molecule has 0 bridgehead atoms. The molecular weight excluding hydrogens is 362 g/mol. The van der Waals surface area contributed by atoms with Crippen LogP contribution in [0.25, 0.3) is 6.08 Å². The van der Waals surface area contributed by atoms with E-state index < -0.39 is 30.1 Å². The van der Waals surface area contributed by atoms with Crippen molar-refractivity contribution in [1.82, 2.24) is 5.32 Å². The number of aromatic hydroxyl groups is 1. The van der Waals surface area contributed by atoms with Crippen LogP contribution >= 0.6 is 0 Å². The Hall–Kier alpha value is -2.00. The lowest BCUT2D eigenvalue weighted by Crippen LogP contribution is -2.41. The maximum absolute atomic E-state index is 13.0. The first-order valence-corrected chi connectivity index (χ1v) is 8.44. The first-order chi connectivity index (χ1) is 12.2. The van der Waals surface area contributed by atoms with E-state index >= 15 is 0 Å². The van der Waals surface area contributed by atoms with Gasteiger partial charge in [-0.1, -0.05) is 6.08 Å². The number of rotatable bonds is 4. The lowest BCUT2D eigenvalue weighted by molar-refractivity contribution is -0.137. The van der Waals surface area contributed by atoms with Gasteiger partial charge in [-0.2, -0.15) is 13.2 Å². The highest BCUT2D eigenvalue weighted by atomic mass is 19.4. The third-order valence-electron chi connectivity index (χ3n) is 4.79. The van der Waals surface area contributed by atoms with Crippen LogP contribution < -0.4 is 5.32 Å². The maximum atomic E-state index is 13.0. The van der Waals surface area contributed by atoms with Gasteiger partial charge in [0.25, 0.3) is 0 Å². The van der Waals surface area contributed by atoms with Crippen molar-refractivity contribution < 1.29 is 32.4 Å². The Morgan fingerprint density at radius 2 is 1.78 bits per heavy atom. The predicted molar refractivity (Wildman–Crippen MR) is 95.9 cm³/mol. The van der Waals surface area contributed by atoms with Crippen LogP contribution in [0.4, 0.5) is 13.2 Å². The summed E-state index contributed by atoms with van der Waals surface area (Å²) in [7, 11) is -0.879. The number of alkyl halides is 3. The summed E-state index contributed by atoms with van der Waals surface area (Å²) in [5, 5.41) is 12.6. The van der Waals surface area contributed by atoms with Crippen molar-refractivity contribution in [1.29, 1.82) is 0 Å². The van der Waals surface area contributed by atoms with Crippen LogP contribution in [0.5, 0.6) is 5.75 Å². The summed E-state index contributed by atoms with van der Waals surface area (Å²) < 4.78 is 50.8. The van der Waals surface area contributed by atoms with Gasteiger partial charge in [-0.3, -0.25) is 4.79 Å². The fourth-order valence-electron chi connectivity index (χ4n) is 2.47. The second-order valence-electron chi connectivity index (χ2n) is 7.49. The van der Waals surface area contributed by atoms with Crippen molar-refractivity contribution >= 4 is 19.1 Å². The van der Waals surface area contributed by atoms with E-state index in [1.54, 1.807) is 0 Å². The average molecular weight is 385 g/mol. The molecule has 2 rings (SSSR count). The molecule has 2 N–H and O–H groups in total. The number of nitrogens with one attached hydrogen (secondary N) is 1. The van der Waals surface area contributed by atoms with E-state index in [2.05, 4.69) is 5.32 Å². The molecule has 1 aromatic carbocycles. The topological polar surface area (TPSA) is 67.8 Å². The molecule has 9 heteroatoms.